The fourth-order valence-corrected chi connectivity index (χ4v) is 2.71. The number of nitrogens with one attached hydrogen (secondary N) is 1. The average molecular weight is 243 g/mol. The van der Waals surface area contributed by atoms with Crippen LogP contribution >= 0.6 is 0 Å². The number of hydrogen-bond acceptors (Lipinski definition) is 2. The molecular formula is C12H12F3NO. The van der Waals surface area contributed by atoms with Crippen molar-refractivity contribution in [3.63, 3.8) is 0 Å². The summed E-state index contributed by atoms with van der Waals surface area (Å²) >= 11 is 0. The summed E-state index contributed by atoms with van der Waals surface area (Å²) < 4.78 is 44.0. The molecule has 2 aliphatic rings. The lowest BCUT2D eigenvalue weighted by Crippen LogP contribution is -2.28. The molecule has 1 fully saturated rings. The molecular weight excluding hydrogens is 231 g/mol. The minimum Gasteiger partial charge on any atom is -0.372 e. The second-order valence-electron chi connectivity index (χ2n) is 4.49. The first-order valence-electron chi connectivity index (χ1n) is 5.58. The molecule has 92 valence electrons. The number of halogens is 3. The first-order chi connectivity index (χ1) is 8.07. The molecule has 0 radical (unpaired) electrons. The number of hydrogen-bond donors (Lipinski definition) is 1. The normalized spacial score (nSPS) is 27.7. The van der Waals surface area contributed by atoms with E-state index in [9.17, 15) is 13.2 Å². The lowest BCUT2D eigenvalue weighted by Gasteiger charge is -2.29. The first-order valence-corrected chi connectivity index (χ1v) is 5.58. The molecule has 1 unspecified atom stereocenters. The van der Waals surface area contributed by atoms with E-state index in [4.69, 9.17) is 4.74 Å². The van der Waals surface area contributed by atoms with Gasteiger partial charge in [0.15, 0.2) is 0 Å². The summed E-state index contributed by atoms with van der Waals surface area (Å²) in [5, 5.41) is 3.16. The van der Waals surface area contributed by atoms with E-state index in [2.05, 4.69) is 5.32 Å². The van der Waals surface area contributed by atoms with E-state index in [-0.39, 0.29) is 18.6 Å². The third-order valence-electron chi connectivity index (χ3n) is 3.52. The molecule has 0 spiro atoms. The monoisotopic (exact) mass is 243 g/mol. The zero-order valence-corrected chi connectivity index (χ0v) is 9.05. The number of benzene rings is 1. The Labute approximate surface area is 96.8 Å². The summed E-state index contributed by atoms with van der Waals surface area (Å²) in [7, 11) is 0. The van der Waals surface area contributed by atoms with Crippen molar-refractivity contribution in [2.24, 2.45) is 0 Å². The number of ether oxygens (including phenoxy) is 1. The Morgan fingerprint density at radius 2 is 2.06 bits per heavy atom. The maximum Gasteiger partial charge on any atom is 0.416 e. The van der Waals surface area contributed by atoms with Gasteiger partial charge in [0, 0.05) is 19.0 Å². The van der Waals surface area contributed by atoms with Gasteiger partial charge < -0.3 is 10.1 Å². The summed E-state index contributed by atoms with van der Waals surface area (Å²) in [6.07, 6.45) is -4.28. The van der Waals surface area contributed by atoms with E-state index in [1.165, 1.54) is 6.07 Å². The maximum absolute atomic E-state index is 12.8. The molecule has 1 aromatic carbocycles. The van der Waals surface area contributed by atoms with E-state index in [1.54, 1.807) is 6.07 Å². The standard InChI is InChI=1S/C12H12F3NO/c13-12(14,15)10-3-1-2-7-8-4-16-5-11(8)17-6-9(7)10/h1-3,8,11,16H,4-6H2/t8?,11-/m0/s1. The van der Waals surface area contributed by atoms with Crippen molar-refractivity contribution in [3.8, 4) is 0 Å². The van der Waals surface area contributed by atoms with Gasteiger partial charge in [-0.25, -0.2) is 0 Å². The predicted octanol–water partition coefficient (Wildman–Crippen LogP) is 2.29. The van der Waals surface area contributed by atoms with Crippen LogP contribution in [0.5, 0.6) is 0 Å². The van der Waals surface area contributed by atoms with Gasteiger partial charge in [-0.3, -0.25) is 0 Å². The largest absolute Gasteiger partial charge is 0.416 e. The third-order valence-corrected chi connectivity index (χ3v) is 3.52. The number of rotatable bonds is 0. The quantitative estimate of drug-likeness (QED) is 0.754. The van der Waals surface area contributed by atoms with Gasteiger partial charge in [-0.1, -0.05) is 12.1 Å². The molecule has 1 N–H and O–H groups in total. The van der Waals surface area contributed by atoms with Crippen molar-refractivity contribution in [1.82, 2.24) is 5.32 Å². The SMILES string of the molecule is FC(F)(F)c1cccc2c1CO[C@H]1CNCC21. The lowest BCUT2D eigenvalue weighted by molar-refractivity contribution is -0.139. The molecule has 2 nitrogen and oxygen atoms in total. The molecule has 17 heavy (non-hydrogen) atoms. The first kappa shape index (κ1) is 11.0. The minimum absolute atomic E-state index is 0.0194. The summed E-state index contributed by atoms with van der Waals surface area (Å²) in [4.78, 5) is 0. The van der Waals surface area contributed by atoms with Crippen molar-refractivity contribution in [1.29, 1.82) is 0 Å². The second kappa shape index (κ2) is 3.71. The van der Waals surface area contributed by atoms with Crippen LogP contribution in [0, 0.1) is 0 Å². The summed E-state index contributed by atoms with van der Waals surface area (Å²) in [5.41, 5.74) is 0.548. The van der Waals surface area contributed by atoms with Crippen LogP contribution in [-0.2, 0) is 17.5 Å². The van der Waals surface area contributed by atoms with Crippen molar-refractivity contribution in [2.75, 3.05) is 13.1 Å². The highest BCUT2D eigenvalue weighted by atomic mass is 19.4. The molecule has 0 amide bonds. The Kier molecular flexibility index (Phi) is 2.41. The van der Waals surface area contributed by atoms with Crippen molar-refractivity contribution < 1.29 is 17.9 Å². The third kappa shape index (κ3) is 1.73. The van der Waals surface area contributed by atoms with E-state index < -0.39 is 11.7 Å². The maximum atomic E-state index is 12.8. The topological polar surface area (TPSA) is 21.3 Å². The Morgan fingerprint density at radius 1 is 1.24 bits per heavy atom. The predicted molar refractivity (Wildman–Crippen MR) is 55.6 cm³/mol. The zero-order valence-electron chi connectivity index (χ0n) is 9.05. The highest BCUT2D eigenvalue weighted by Crippen LogP contribution is 2.40. The van der Waals surface area contributed by atoms with Gasteiger partial charge in [-0.15, -0.1) is 0 Å². The van der Waals surface area contributed by atoms with Gasteiger partial charge in [0.2, 0.25) is 0 Å². The van der Waals surface area contributed by atoms with Gasteiger partial charge in [-0.2, -0.15) is 13.2 Å². The van der Waals surface area contributed by atoms with Crippen LogP contribution in [-0.4, -0.2) is 19.2 Å². The Hall–Kier alpha value is -1.07. The molecule has 3 rings (SSSR count). The molecule has 2 heterocycles. The molecule has 0 aliphatic carbocycles. The Balaban J connectivity index is 2.09. The molecule has 5 heteroatoms. The molecule has 0 aromatic heterocycles. The van der Waals surface area contributed by atoms with Crippen molar-refractivity contribution >= 4 is 0 Å². The van der Waals surface area contributed by atoms with Gasteiger partial charge in [0.25, 0.3) is 0 Å². The van der Waals surface area contributed by atoms with Crippen LogP contribution in [0.15, 0.2) is 18.2 Å². The fourth-order valence-electron chi connectivity index (χ4n) is 2.71. The van der Waals surface area contributed by atoms with Crippen LogP contribution in [0.4, 0.5) is 13.2 Å². The fraction of sp³-hybridized carbons (Fsp3) is 0.500. The highest BCUT2D eigenvalue weighted by Gasteiger charge is 2.40. The summed E-state index contributed by atoms with van der Waals surface area (Å²) in [6, 6.07) is 4.41. The van der Waals surface area contributed by atoms with Gasteiger partial charge >= 0.3 is 6.18 Å². The molecule has 1 saturated heterocycles. The van der Waals surface area contributed by atoms with Crippen molar-refractivity contribution in [3.05, 3.63) is 34.9 Å². The van der Waals surface area contributed by atoms with Gasteiger partial charge in [0.05, 0.1) is 18.3 Å². The van der Waals surface area contributed by atoms with Crippen LogP contribution in [0.3, 0.4) is 0 Å². The molecule has 2 atom stereocenters. The van der Waals surface area contributed by atoms with E-state index in [0.29, 0.717) is 12.1 Å². The second-order valence-corrected chi connectivity index (χ2v) is 4.49. The highest BCUT2D eigenvalue weighted by molar-refractivity contribution is 5.41. The van der Waals surface area contributed by atoms with E-state index >= 15 is 0 Å². The minimum atomic E-state index is -4.30. The van der Waals surface area contributed by atoms with Crippen LogP contribution in [0.25, 0.3) is 0 Å². The smallest absolute Gasteiger partial charge is 0.372 e. The molecule has 0 saturated carbocycles. The van der Waals surface area contributed by atoms with Crippen LogP contribution < -0.4 is 5.32 Å². The molecule has 2 aliphatic heterocycles. The van der Waals surface area contributed by atoms with Crippen LogP contribution in [0.1, 0.15) is 22.6 Å². The average Bonchev–Trinajstić information content (AvgIpc) is 2.75. The molecule has 1 aromatic rings. The van der Waals surface area contributed by atoms with Crippen LogP contribution in [0.2, 0.25) is 0 Å². The Bertz CT molecular complexity index is 444. The van der Waals surface area contributed by atoms with Gasteiger partial charge in [0.1, 0.15) is 0 Å². The number of fused-ring (bicyclic) bond motifs is 3. The Morgan fingerprint density at radius 3 is 2.82 bits per heavy atom. The lowest BCUT2D eigenvalue weighted by atomic mass is 9.87. The summed E-state index contributed by atoms with van der Waals surface area (Å²) in [6.45, 7) is 1.48. The van der Waals surface area contributed by atoms with Crippen molar-refractivity contribution in [2.45, 2.75) is 24.8 Å². The summed E-state index contributed by atoms with van der Waals surface area (Å²) in [5.74, 6) is 0.0565. The van der Waals surface area contributed by atoms with E-state index in [0.717, 1.165) is 18.2 Å². The van der Waals surface area contributed by atoms with E-state index in [1.807, 2.05) is 0 Å². The number of alkyl halides is 3. The van der Waals surface area contributed by atoms with Gasteiger partial charge in [-0.05, 0) is 17.2 Å². The zero-order chi connectivity index (χ0) is 12.0. The molecule has 0 bridgehead atoms.